The summed E-state index contributed by atoms with van der Waals surface area (Å²) < 4.78 is 0. The minimum absolute atomic E-state index is 0.0553. The summed E-state index contributed by atoms with van der Waals surface area (Å²) in [5, 5.41) is 0. The van der Waals surface area contributed by atoms with Crippen LogP contribution in [-0.2, 0) is 10.2 Å². The van der Waals surface area contributed by atoms with E-state index < -0.39 is 5.41 Å². The molecule has 1 aliphatic carbocycles. The molecule has 3 rings (SSSR count). The van der Waals surface area contributed by atoms with Gasteiger partial charge in [-0.1, -0.05) is 67.1 Å². The Balaban J connectivity index is 1.96. The first-order valence-electron chi connectivity index (χ1n) is 7.89. The maximum Gasteiger partial charge on any atom is 0.164 e. The Kier molecular flexibility index (Phi) is 4.19. The van der Waals surface area contributed by atoms with E-state index in [2.05, 4.69) is 0 Å². The average Bonchev–Trinajstić information content (AvgIpc) is 2.58. The van der Waals surface area contributed by atoms with E-state index in [9.17, 15) is 9.59 Å². The van der Waals surface area contributed by atoms with Crippen LogP contribution < -0.4 is 0 Å². The summed E-state index contributed by atoms with van der Waals surface area (Å²) in [6.07, 6.45) is 3.57. The molecule has 0 amide bonds. The Morgan fingerprint density at radius 3 is 2.18 bits per heavy atom. The minimum Gasteiger partial charge on any atom is -0.299 e. The number of Topliss-reactive ketones (excluding diaryl/α,β-unsaturated/α-hetero) is 2. The molecule has 0 spiro atoms. The van der Waals surface area contributed by atoms with Gasteiger partial charge in [-0.25, -0.2) is 0 Å². The van der Waals surface area contributed by atoms with Gasteiger partial charge in [0.2, 0.25) is 0 Å². The summed E-state index contributed by atoms with van der Waals surface area (Å²) in [7, 11) is 0. The molecule has 112 valence electrons. The largest absolute Gasteiger partial charge is 0.299 e. The lowest BCUT2D eigenvalue weighted by Crippen LogP contribution is -2.40. The van der Waals surface area contributed by atoms with Crippen LogP contribution in [0.1, 0.15) is 48.0 Å². The van der Waals surface area contributed by atoms with Crippen LogP contribution in [0.5, 0.6) is 0 Å². The number of carbonyl (C=O) groups excluding carboxylic acids is 2. The van der Waals surface area contributed by atoms with Gasteiger partial charge in [0, 0.05) is 18.4 Å². The molecule has 0 heterocycles. The van der Waals surface area contributed by atoms with Gasteiger partial charge in [-0.3, -0.25) is 9.59 Å². The van der Waals surface area contributed by atoms with Gasteiger partial charge in [-0.05, 0) is 18.4 Å². The second-order valence-corrected chi connectivity index (χ2v) is 6.04. The van der Waals surface area contributed by atoms with Gasteiger partial charge in [0.1, 0.15) is 5.78 Å². The van der Waals surface area contributed by atoms with Crippen LogP contribution in [-0.4, -0.2) is 11.6 Å². The molecule has 1 aliphatic rings. The standard InChI is InChI=1S/C20H20O2/c21-18(16-9-3-1-4-10-16)15-20(14-8-7-13-19(20)22)17-11-5-2-6-12-17/h1-6,9-12H,7-8,13-15H2. The Morgan fingerprint density at radius 1 is 0.909 bits per heavy atom. The molecule has 2 nitrogen and oxygen atoms in total. The molecule has 1 atom stereocenters. The van der Waals surface area contributed by atoms with Gasteiger partial charge in [0.05, 0.1) is 5.41 Å². The lowest BCUT2D eigenvalue weighted by molar-refractivity contribution is -0.126. The smallest absolute Gasteiger partial charge is 0.164 e. The highest BCUT2D eigenvalue weighted by Crippen LogP contribution is 2.40. The first-order chi connectivity index (χ1) is 10.7. The Bertz CT molecular complexity index is 661. The molecule has 0 radical (unpaired) electrons. The molecule has 2 aromatic carbocycles. The normalized spacial score (nSPS) is 21.5. The van der Waals surface area contributed by atoms with Crippen LogP contribution >= 0.6 is 0 Å². The predicted molar refractivity (Wildman–Crippen MR) is 87.0 cm³/mol. The summed E-state index contributed by atoms with van der Waals surface area (Å²) in [5.41, 5.74) is 1.05. The van der Waals surface area contributed by atoms with Crippen molar-refractivity contribution in [2.24, 2.45) is 0 Å². The molecule has 0 aromatic heterocycles. The zero-order valence-corrected chi connectivity index (χ0v) is 12.6. The molecule has 0 aliphatic heterocycles. The van der Waals surface area contributed by atoms with Crippen molar-refractivity contribution in [3.8, 4) is 0 Å². The number of benzene rings is 2. The Labute approximate surface area is 131 Å². The van der Waals surface area contributed by atoms with Crippen molar-refractivity contribution < 1.29 is 9.59 Å². The molecule has 2 heteroatoms. The van der Waals surface area contributed by atoms with Crippen LogP contribution in [0.25, 0.3) is 0 Å². The maximum atomic E-state index is 12.7. The zero-order chi connectivity index (χ0) is 15.4. The maximum absolute atomic E-state index is 12.7. The van der Waals surface area contributed by atoms with Crippen molar-refractivity contribution in [1.29, 1.82) is 0 Å². The fourth-order valence-corrected chi connectivity index (χ4v) is 3.44. The van der Waals surface area contributed by atoms with Gasteiger partial charge in [0.25, 0.3) is 0 Å². The van der Waals surface area contributed by atoms with Crippen LogP contribution in [0.4, 0.5) is 0 Å². The first-order valence-corrected chi connectivity index (χ1v) is 7.89. The molecular weight excluding hydrogens is 272 g/mol. The first kappa shape index (κ1) is 14.7. The third-order valence-electron chi connectivity index (χ3n) is 4.68. The molecule has 0 saturated heterocycles. The molecule has 2 aromatic rings. The van der Waals surface area contributed by atoms with Gasteiger partial charge in [-0.15, -0.1) is 0 Å². The van der Waals surface area contributed by atoms with Crippen molar-refractivity contribution in [2.75, 3.05) is 0 Å². The summed E-state index contributed by atoms with van der Waals surface area (Å²) in [5.74, 6) is 0.272. The molecule has 0 N–H and O–H groups in total. The van der Waals surface area contributed by atoms with E-state index in [0.29, 0.717) is 12.0 Å². The van der Waals surface area contributed by atoms with Gasteiger partial charge in [-0.2, -0.15) is 0 Å². The van der Waals surface area contributed by atoms with Gasteiger partial charge >= 0.3 is 0 Å². The summed E-state index contributed by atoms with van der Waals surface area (Å²) in [6, 6.07) is 19.1. The summed E-state index contributed by atoms with van der Waals surface area (Å²) in [6.45, 7) is 0. The van der Waals surface area contributed by atoms with E-state index in [1.165, 1.54) is 0 Å². The Morgan fingerprint density at radius 2 is 1.55 bits per heavy atom. The molecule has 1 saturated carbocycles. The number of hydrogen-bond donors (Lipinski definition) is 0. The minimum atomic E-state index is -0.633. The highest BCUT2D eigenvalue weighted by molar-refractivity contribution is 6.02. The third-order valence-corrected chi connectivity index (χ3v) is 4.68. The van der Waals surface area contributed by atoms with E-state index in [1.807, 2.05) is 60.7 Å². The van der Waals surface area contributed by atoms with Crippen molar-refractivity contribution in [2.45, 2.75) is 37.5 Å². The van der Waals surface area contributed by atoms with Crippen LogP contribution in [0.15, 0.2) is 60.7 Å². The van der Waals surface area contributed by atoms with E-state index in [-0.39, 0.29) is 18.0 Å². The van der Waals surface area contributed by atoms with Crippen molar-refractivity contribution in [3.63, 3.8) is 0 Å². The van der Waals surface area contributed by atoms with Crippen LogP contribution in [0, 0.1) is 0 Å². The average molecular weight is 292 g/mol. The molecule has 22 heavy (non-hydrogen) atoms. The van der Waals surface area contributed by atoms with E-state index in [0.717, 1.165) is 24.8 Å². The number of carbonyl (C=O) groups is 2. The third kappa shape index (κ3) is 2.74. The molecule has 0 bridgehead atoms. The van der Waals surface area contributed by atoms with Crippen molar-refractivity contribution >= 4 is 11.6 Å². The zero-order valence-electron chi connectivity index (χ0n) is 12.6. The fourth-order valence-electron chi connectivity index (χ4n) is 3.44. The van der Waals surface area contributed by atoms with Gasteiger partial charge in [0.15, 0.2) is 5.78 Å². The lowest BCUT2D eigenvalue weighted by Gasteiger charge is -2.36. The lowest BCUT2D eigenvalue weighted by atomic mass is 9.65. The second-order valence-electron chi connectivity index (χ2n) is 6.04. The van der Waals surface area contributed by atoms with Crippen molar-refractivity contribution in [3.05, 3.63) is 71.8 Å². The fraction of sp³-hybridized carbons (Fsp3) is 0.300. The molecule has 1 unspecified atom stereocenters. The van der Waals surface area contributed by atoms with Crippen molar-refractivity contribution in [1.82, 2.24) is 0 Å². The van der Waals surface area contributed by atoms with E-state index in [1.54, 1.807) is 0 Å². The van der Waals surface area contributed by atoms with Crippen LogP contribution in [0.3, 0.4) is 0 Å². The molecule has 1 fully saturated rings. The number of hydrogen-bond acceptors (Lipinski definition) is 2. The predicted octanol–water partition coefficient (Wildman–Crippen LogP) is 4.34. The quantitative estimate of drug-likeness (QED) is 0.785. The summed E-state index contributed by atoms with van der Waals surface area (Å²) >= 11 is 0. The topological polar surface area (TPSA) is 34.1 Å². The van der Waals surface area contributed by atoms with E-state index >= 15 is 0 Å². The highest BCUT2D eigenvalue weighted by Gasteiger charge is 2.42. The summed E-state index contributed by atoms with van der Waals surface area (Å²) in [4.78, 5) is 25.4. The highest BCUT2D eigenvalue weighted by atomic mass is 16.1. The number of rotatable bonds is 4. The SMILES string of the molecule is O=C(CC1(c2ccccc2)CCCCC1=O)c1ccccc1. The Hall–Kier alpha value is -2.22. The second kappa shape index (κ2) is 6.27. The molecular formula is C20H20O2. The number of ketones is 2. The van der Waals surface area contributed by atoms with Crippen LogP contribution in [0.2, 0.25) is 0 Å². The van der Waals surface area contributed by atoms with Gasteiger partial charge < -0.3 is 0 Å². The van der Waals surface area contributed by atoms with E-state index in [4.69, 9.17) is 0 Å². The monoisotopic (exact) mass is 292 g/mol.